The summed E-state index contributed by atoms with van der Waals surface area (Å²) in [6.45, 7) is 27.2. The summed E-state index contributed by atoms with van der Waals surface area (Å²) in [4.78, 5) is 25.3. The van der Waals surface area contributed by atoms with E-state index in [9.17, 15) is 18.4 Å². The molecule has 0 saturated carbocycles. The average Bonchev–Trinajstić information content (AvgIpc) is 3.43. The van der Waals surface area contributed by atoms with Crippen molar-refractivity contribution in [2.45, 2.75) is 82.6 Å². The van der Waals surface area contributed by atoms with E-state index in [4.69, 9.17) is 23.7 Å². The lowest BCUT2D eigenvalue weighted by Gasteiger charge is -2.22. The largest absolute Gasteiger partial charge is 0.755 e. The van der Waals surface area contributed by atoms with Crippen LogP contribution in [0, 0.1) is 13.8 Å². The Hall–Kier alpha value is -3.49. The van der Waals surface area contributed by atoms with Crippen LogP contribution in [0.2, 0.25) is 0 Å². The maximum atomic E-state index is 12.0. The van der Waals surface area contributed by atoms with Crippen molar-refractivity contribution in [1.29, 1.82) is 0 Å². The van der Waals surface area contributed by atoms with Gasteiger partial charge in [0.1, 0.15) is 6.61 Å². The van der Waals surface area contributed by atoms with Gasteiger partial charge in [0.05, 0.1) is 39.1 Å². The fourth-order valence-electron chi connectivity index (χ4n) is 3.24. The molecule has 0 saturated heterocycles. The fraction of sp³-hybridized carbons (Fsp3) is 0.526. The van der Waals surface area contributed by atoms with Gasteiger partial charge in [-0.15, -0.1) is 11.3 Å². The molecule has 1 aromatic rings. The summed E-state index contributed by atoms with van der Waals surface area (Å²) >= 11 is -0.465. The number of thiophene rings is 1. The number of aryl methyl sites for hydroxylation is 2. The molecule has 2 rings (SSSR count). The van der Waals surface area contributed by atoms with Crippen molar-refractivity contribution in [1.82, 2.24) is 9.62 Å². The van der Waals surface area contributed by atoms with E-state index in [0.717, 1.165) is 9.88 Å². The number of carbonyl (C=O) groups is 2. The number of nitrogens with zero attached hydrogens (tertiary/aromatic N) is 1. The topological polar surface area (TPSA) is 136 Å². The number of carbonyl (C=O) groups excluding carboxylic acids is 2. The zero-order valence-corrected chi connectivity index (χ0v) is 35.1. The van der Waals surface area contributed by atoms with Gasteiger partial charge in [-0.2, -0.15) is 0 Å². The first-order valence-corrected chi connectivity index (χ1v) is 18.9. The molecule has 1 amide bonds. The zero-order valence-electron chi connectivity index (χ0n) is 33.5. The Morgan fingerprint density at radius 3 is 1.98 bits per heavy atom. The van der Waals surface area contributed by atoms with Gasteiger partial charge in [-0.25, -0.2) is 4.79 Å². The lowest BCUT2D eigenvalue weighted by molar-refractivity contribution is -0.140. The lowest BCUT2D eigenvalue weighted by atomic mass is 10.1. The first-order valence-electron chi connectivity index (χ1n) is 17.0. The van der Waals surface area contributed by atoms with Crippen LogP contribution in [0.5, 0.6) is 0 Å². The molecule has 1 heterocycles. The van der Waals surface area contributed by atoms with Crippen LogP contribution < -0.4 is 5.32 Å². The Labute approximate surface area is 315 Å². The fourth-order valence-corrected chi connectivity index (χ4v) is 4.31. The van der Waals surface area contributed by atoms with Crippen LogP contribution in [-0.4, -0.2) is 79.7 Å². The van der Waals surface area contributed by atoms with Crippen LogP contribution in [0.15, 0.2) is 83.2 Å². The summed E-state index contributed by atoms with van der Waals surface area (Å²) in [6.07, 6.45) is 9.53. The molecule has 0 bridgehead atoms. The molecule has 51 heavy (non-hydrogen) atoms. The minimum atomic E-state index is -2.31. The van der Waals surface area contributed by atoms with Crippen molar-refractivity contribution in [3.8, 4) is 0 Å². The molecule has 13 heteroatoms. The van der Waals surface area contributed by atoms with Crippen LogP contribution in [0.25, 0.3) is 0 Å². The third-order valence-electron chi connectivity index (χ3n) is 5.59. The monoisotopic (exact) mass is 757 g/mol. The molecular weight excluding hydrogens is 693 g/mol. The highest BCUT2D eigenvalue weighted by Gasteiger charge is 2.12. The molecule has 0 aromatic carbocycles. The highest BCUT2D eigenvalue weighted by molar-refractivity contribution is 7.76. The zero-order chi connectivity index (χ0) is 40.2. The Balaban J connectivity index is -0.000000327. The number of hydrogen-bond acceptors (Lipinski definition) is 10. The number of esters is 1. The molecular formula is C38H65N2O9S2-. The van der Waals surface area contributed by atoms with E-state index in [0.29, 0.717) is 67.7 Å². The van der Waals surface area contributed by atoms with E-state index >= 15 is 0 Å². The summed E-state index contributed by atoms with van der Waals surface area (Å²) in [5, 5.41) is 2.54. The van der Waals surface area contributed by atoms with Crippen LogP contribution in [0.1, 0.15) is 78.5 Å². The summed E-state index contributed by atoms with van der Waals surface area (Å²) < 4.78 is 48.2. The predicted octanol–water partition coefficient (Wildman–Crippen LogP) is 8.24. The molecule has 0 radical (unpaired) electrons. The maximum absolute atomic E-state index is 12.0. The molecule has 1 aliphatic carbocycles. The number of nitrogens with one attached hydrogen (secondary N) is 1. The first-order chi connectivity index (χ1) is 24.4. The Bertz CT molecular complexity index is 1230. The van der Waals surface area contributed by atoms with E-state index < -0.39 is 17.2 Å². The summed E-state index contributed by atoms with van der Waals surface area (Å²) in [6, 6.07) is 4.28. The van der Waals surface area contributed by atoms with E-state index in [1.807, 2.05) is 72.8 Å². The van der Waals surface area contributed by atoms with E-state index in [2.05, 4.69) is 37.9 Å². The molecule has 1 N–H and O–H groups in total. The third-order valence-corrected chi connectivity index (χ3v) is 7.25. The van der Waals surface area contributed by atoms with Crippen molar-refractivity contribution in [2.24, 2.45) is 0 Å². The van der Waals surface area contributed by atoms with Crippen molar-refractivity contribution < 1.29 is 42.0 Å². The molecule has 11 nitrogen and oxygen atoms in total. The van der Waals surface area contributed by atoms with Gasteiger partial charge in [0.2, 0.25) is 6.41 Å². The van der Waals surface area contributed by atoms with Crippen molar-refractivity contribution in [2.75, 3.05) is 54.3 Å². The standard InChI is InChI=1S/C15H21NO5.C11H19NO4S.C6H8S.3C2H6/c1-12-3-4-14(16-11-17)10-13(9-12)15(18)21-8-7-20-6-5-19-2;1-6-10(16-7-2)11(15-5)8-9(3)12(4)17(13)14;1-5-3-4-6(2)7-5;3*1-2/h4,9-11H,3,5-8H2,1-2H3,(H,16,17);6,8H,1,7H2,2-5H3,(H,13,14);3-4H,1-2H3;3*1-2H3/p-1/b;9-8+,11-10-;;;;. The molecule has 1 unspecified atom stereocenters. The molecule has 0 aliphatic heterocycles. The minimum absolute atomic E-state index is 0.174. The van der Waals surface area contributed by atoms with Gasteiger partial charge in [0.25, 0.3) is 0 Å². The average molecular weight is 758 g/mol. The van der Waals surface area contributed by atoms with Gasteiger partial charge in [-0.1, -0.05) is 59.8 Å². The molecule has 1 atom stereocenters. The smallest absolute Gasteiger partial charge is 0.338 e. The number of amides is 1. The Morgan fingerprint density at radius 1 is 0.980 bits per heavy atom. The van der Waals surface area contributed by atoms with Crippen LogP contribution >= 0.6 is 11.3 Å². The second-order valence-corrected chi connectivity index (χ2v) is 11.7. The van der Waals surface area contributed by atoms with E-state index in [1.54, 1.807) is 32.3 Å². The lowest BCUT2D eigenvalue weighted by Crippen LogP contribution is -2.18. The van der Waals surface area contributed by atoms with Gasteiger partial charge in [0.15, 0.2) is 11.5 Å². The van der Waals surface area contributed by atoms with Gasteiger partial charge < -0.3 is 37.9 Å². The van der Waals surface area contributed by atoms with E-state index in [1.165, 1.54) is 30.0 Å². The van der Waals surface area contributed by atoms with Crippen LogP contribution in [-0.2, 0) is 44.5 Å². The normalized spacial score (nSPS) is 12.5. The van der Waals surface area contributed by atoms with Gasteiger partial charge in [-0.3, -0.25) is 9.00 Å². The number of ether oxygens (including phenoxy) is 5. The van der Waals surface area contributed by atoms with Gasteiger partial charge in [0, 0.05) is 52.6 Å². The predicted molar refractivity (Wildman–Crippen MR) is 212 cm³/mol. The Kier molecular flexibility index (Phi) is 40.2. The summed E-state index contributed by atoms with van der Waals surface area (Å²) in [7, 11) is 4.52. The Morgan fingerprint density at radius 2 is 1.55 bits per heavy atom. The van der Waals surface area contributed by atoms with Crippen molar-refractivity contribution >= 4 is 35.0 Å². The maximum Gasteiger partial charge on any atom is 0.338 e. The van der Waals surface area contributed by atoms with Crippen molar-refractivity contribution in [3.63, 3.8) is 0 Å². The summed E-state index contributed by atoms with van der Waals surface area (Å²) in [5.74, 6) is 0.460. The number of allylic oxidation sites excluding steroid dienone is 6. The molecule has 294 valence electrons. The highest BCUT2D eigenvalue weighted by atomic mass is 32.2. The second-order valence-electron chi connectivity index (χ2n) is 9.18. The second kappa shape index (κ2) is 37.8. The molecule has 1 aromatic heterocycles. The molecule has 1 aliphatic rings. The van der Waals surface area contributed by atoms with Gasteiger partial charge >= 0.3 is 5.97 Å². The molecule has 0 spiro atoms. The third kappa shape index (κ3) is 28.9. The first kappa shape index (κ1) is 54.3. The number of methoxy groups -OCH3 is 2. The SMILES string of the molecule is C=C/C(OCC)=C(\C=C(/C)N(C)S(=O)[O-])OC.CC.CC.CC.COCCOCCOC(=O)C1=CC(NC=O)=CCC(C)=C1.Cc1ccc(C)s1. The number of rotatable bonds is 16. The van der Waals surface area contributed by atoms with Gasteiger partial charge in [-0.05, 0) is 71.4 Å². The van der Waals surface area contributed by atoms with E-state index in [-0.39, 0.29) is 6.61 Å². The van der Waals surface area contributed by atoms with Crippen molar-refractivity contribution in [3.05, 3.63) is 92.9 Å². The summed E-state index contributed by atoms with van der Waals surface area (Å²) in [5.41, 5.74) is 2.51. The highest BCUT2D eigenvalue weighted by Crippen LogP contribution is 2.17. The van der Waals surface area contributed by atoms with Crippen LogP contribution in [0.4, 0.5) is 0 Å². The quantitative estimate of drug-likeness (QED) is 0.0442. The minimum Gasteiger partial charge on any atom is -0.755 e. The molecule has 0 fully saturated rings. The van der Waals surface area contributed by atoms with Crippen LogP contribution in [0.3, 0.4) is 0 Å². The number of hydrogen-bond donors (Lipinski definition) is 1.